The Morgan fingerprint density at radius 1 is 1.17 bits per heavy atom. The molecule has 1 unspecified atom stereocenters. The Hall–Kier alpha value is -2.18. The molecular formula is C11H11NO6. The van der Waals surface area contributed by atoms with Crippen LogP contribution in [0.1, 0.15) is 6.42 Å². The van der Waals surface area contributed by atoms with Gasteiger partial charge in [-0.1, -0.05) is 0 Å². The molecule has 18 heavy (non-hydrogen) atoms. The van der Waals surface area contributed by atoms with Crippen LogP contribution < -0.4 is 0 Å². The maximum Gasteiger partial charge on any atom is 0.325 e. The van der Waals surface area contributed by atoms with Gasteiger partial charge in [-0.15, -0.1) is 0 Å². The molecule has 1 heterocycles. The van der Waals surface area contributed by atoms with Crippen molar-refractivity contribution < 1.29 is 28.7 Å². The molecule has 2 amide bonds. The standard InChI is InChI=1S/C11H11NO6/c1-17-9(15)11(10(16)18-2)5-6(11)12-7(13)3-4-8(12)14/h3-4,6H,5H2,1-2H3. The Bertz CT molecular complexity index is 446. The van der Waals surface area contributed by atoms with Crippen LogP contribution in [-0.4, -0.2) is 48.9 Å². The van der Waals surface area contributed by atoms with Crippen molar-refractivity contribution in [3.05, 3.63) is 12.2 Å². The molecule has 1 aliphatic carbocycles. The van der Waals surface area contributed by atoms with Crippen LogP contribution in [0.25, 0.3) is 0 Å². The van der Waals surface area contributed by atoms with Gasteiger partial charge in [-0.25, -0.2) is 0 Å². The minimum atomic E-state index is -1.57. The first-order valence-corrected chi connectivity index (χ1v) is 5.21. The first-order valence-electron chi connectivity index (χ1n) is 5.21. The predicted octanol–water partition coefficient (Wildman–Crippen LogP) is -0.984. The Morgan fingerprint density at radius 2 is 1.61 bits per heavy atom. The van der Waals surface area contributed by atoms with E-state index in [2.05, 4.69) is 9.47 Å². The molecule has 7 heteroatoms. The third-order valence-corrected chi connectivity index (χ3v) is 3.18. The molecule has 0 saturated heterocycles. The van der Waals surface area contributed by atoms with Crippen molar-refractivity contribution >= 4 is 23.8 Å². The van der Waals surface area contributed by atoms with Crippen molar-refractivity contribution in [3.8, 4) is 0 Å². The number of ether oxygens (including phenoxy) is 2. The summed E-state index contributed by atoms with van der Waals surface area (Å²) in [4.78, 5) is 47.2. The average molecular weight is 253 g/mol. The summed E-state index contributed by atoms with van der Waals surface area (Å²) in [6.07, 6.45) is 2.23. The molecule has 2 aliphatic rings. The Labute approximate surface area is 102 Å². The van der Waals surface area contributed by atoms with Crippen molar-refractivity contribution in [2.45, 2.75) is 12.5 Å². The molecule has 1 atom stereocenters. The van der Waals surface area contributed by atoms with Gasteiger partial charge in [0.05, 0.1) is 20.3 Å². The molecule has 96 valence electrons. The molecule has 1 fully saturated rings. The van der Waals surface area contributed by atoms with Gasteiger partial charge in [0.25, 0.3) is 11.8 Å². The smallest absolute Gasteiger partial charge is 0.325 e. The third kappa shape index (κ3) is 1.43. The van der Waals surface area contributed by atoms with E-state index < -0.39 is 35.2 Å². The number of carbonyl (C=O) groups excluding carboxylic acids is 4. The van der Waals surface area contributed by atoms with E-state index in [0.29, 0.717) is 0 Å². The number of rotatable bonds is 3. The molecule has 0 bridgehead atoms. The Morgan fingerprint density at radius 3 is 2.00 bits per heavy atom. The highest BCUT2D eigenvalue weighted by Gasteiger charge is 2.72. The number of imide groups is 1. The Balaban J connectivity index is 2.28. The largest absolute Gasteiger partial charge is 0.468 e. The highest BCUT2D eigenvalue weighted by molar-refractivity contribution is 6.15. The van der Waals surface area contributed by atoms with Gasteiger partial charge in [0.15, 0.2) is 5.41 Å². The molecule has 0 aromatic heterocycles. The molecular weight excluding hydrogens is 242 g/mol. The Kier molecular flexibility index (Phi) is 2.68. The summed E-state index contributed by atoms with van der Waals surface area (Å²) >= 11 is 0. The summed E-state index contributed by atoms with van der Waals surface area (Å²) in [5, 5.41) is 0. The zero-order valence-electron chi connectivity index (χ0n) is 9.84. The van der Waals surface area contributed by atoms with Crippen molar-refractivity contribution in [3.63, 3.8) is 0 Å². The van der Waals surface area contributed by atoms with Gasteiger partial charge in [0.2, 0.25) is 0 Å². The van der Waals surface area contributed by atoms with Gasteiger partial charge in [0.1, 0.15) is 0 Å². The summed E-state index contributed by atoms with van der Waals surface area (Å²) in [5.41, 5.74) is -1.57. The van der Waals surface area contributed by atoms with Crippen LogP contribution in [0.15, 0.2) is 12.2 Å². The number of methoxy groups -OCH3 is 2. The molecule has 0 aromatic rings. The molecule has 0 N–H and O–H groups in total. The average Bonchev–Trinajstić information content (AvgIpc) is 3.02. The zero-order valence-corrected chi connectivity index (χ0v) is 9.84. The second kappa shape index (κ2) is 3.94. The second-order valence-corrected chi connectivity index (χ2v) is 4.05. The molecule has 1 aliphatic heterocycles. The number of esters is 2. The molecule has 0 radical (unpaired) electrons. The van der Waals surface area contributed by atoms with Crippen LogP contribution >= 0.6 is 0 Å². The fraction of sp³-hybridized carbons (Fsp3) is 0.455. The van der Waals surface area contributed by atoms with Crippen molar-refractivity contribution in [2.24, 2.45) is 5.41 Å². The van der Waals surface area contributed by atoms with Crippen LogP contribution in [0.3, 0.4) is 0 Å². The lowest BCUT2D eigenvalue weighted by Crippen LogP contribution is -2.41. The van der Waals surface area contributed by atoms with E-state index in [1.165, 1.54) is 0 Å². The van der Waals surface area contributed by atoms with E-state index >= 15 is 0 Å². The molecule has 1 saturated carbocycles. The summed E-state index contributed by atoms with van der Waals surface area (Å²) < 4.78 is 9.10. The van der Waals surface area contributed by atoms with Crippen molar-refractivity contribution in [2.75, 3.05) is 14.2 Å². The lowest BCUT2D eigenvalue weighted by atomic mass is 10.1. The van der Waals surface area contributed by atoms with Gasteiger partial charge in [-0.2, -0.15) is 0 Å². The number of amides is 2. The summed E-state index contributed by atoms with van der Waals surface area (Å²) in [7, 11) is 2.27. The highest BCUT2D eigenvalue weighted by atomic mass is 16.5. The quantitative estimate of drug-likeness (QED) is 0.364. The van der Waals surface area contributed by atoms with Crippen LogP contribution in [0.2, 0.25) is 0 Å². The highest BCUT2D eigenvalue weighted by Crippen LogP contribution is 2.52. The first kappa shape index (κ1) is 12.3. The van der Waals surface area contributed by atoms with E-state index in [4.69, 9.17) is 0 Å². The lowest BCUT2D eigenvalue weighted by Gasteiger charge is -2.18. The third-order valence-electron chi connectivity index (χ3n) is 3.18. The van der Waals surface area contributed by atoms with Crippen LogP contribution in [-0.2, 0) is 28.7 Å². The topological polar surface area (TPSA) is 90.0 Å². The predicted molar refractivity (Wildman–Crippen MR) is 55.9 cm³/mol. The van der Waals surface area contributed by atoms with Crippen molar-refractivity contribution in [1.29, 1.82) is 0 Å². The van der Waals surface area contributed by atoms with Gasteiger partial charge in [-0.05, 0) is 6.42 Å². The van der Waals surface area contributed by atoms with Gasteiger partial charge in [-0.3, -0.25) is 24.1 Å². The fourth-order valence-corrected chi connectivity index (χ4v) is 2.16. The molecule has 0 spiro atoms. The minimum Gasteiger partial charge on any atom is -0.468 e. The monoisotopic (exact) mass is 253 g/mol. The SMILES string of the molecule is COC(=O)C1(C(=O)OC)CC1N1C(=O)C=CC1=O. The lowest BCUT2D eigenvalue weighted by molar-refractivity contribution is -0.162. The van der Waals surface area contributed by atoms with Crippen LogP contribution in [0.5, 0.6) is 0 Å². The zero-order chi connectivity index (χ0) is 13.5. The fourth-order valence-electron chi connectivity index (χ4n) is 2.16. The van der Waals surface area contributed by atoms with E-state index in [1.807, 2.05) is 0 Å². The molecule has 0 aromatic carbocycles. The second-order valence-electron chi connectivity index (χ2n) is 4.05. The number of hydrogen-bond donors (Lipinski definition) is 0. The maximum absolute atomic E-state index is 11.7. The minimum absolute atomic E-state index is 0.0332. The summed E-state index contributed by atoms with van der Waals surface area (Å²) in [5.74, 6) is -2.68. The van der Waals surface area contributed by atoms with Gasteiger partial charge >= 0.3 is 11.9 Å². The summed E-state index contributed by atoms with van der Waals surface area (Å²) in [6, 6.07) is -0.826. The van der Waals surface area contributed by atoms with Gasteiger partial charge < -0.3 is 9.47 Å². The van der Waals surface area contributed by atoms with Crippen LogP contribution in [0, 0.1) is 5.41 Å². The number of hydrogen-bond acceptors (Lipinski definition) is 6. The van der Waals surface area contributed by atoms with Crippen molar-refractivity contribution in [1.82, 2.24) is 4.90 Å². The van der Waals surface area contributed by atoms with E-state index in [0.717, 1.165) is 31.3 Å². The normalized spacial score (nSPS) is 24.1. The van der Waals surface area contributed by atoms with Gasteiger partial charge in [0, 0.05) is 12.2 Å². The number of carbonyl (C=O) groups is 4. The number of nitrogens with zero attached hydrogens (tertiary/aromatic N) is 1. The summed E-state index contributed by atoms with van der Waals surface area (Å²) in [6.45, 7) is 0. The first-order chi connectivity index (χ1) is 8.48. The maximum atomic E-state index is 11.7. The van der Waals surface area contributed by atoms with Crippen LogP contribution in [0.4, 0.5) is 0 Å². The molecule has 7 nitrogen and oxygen atoms in total. The van der Waals surface area contributed by atoms with E-state index in [1.54, 1.807) is 0 Å². The van der Waals surface area contributed by atoms with E-state index in [-0.39, 0.29) is 6.42 Å². The molecule has 2 rings (SSSR count). The van der Waals surface area contributed by atoms with E-state index in [9.17, 15) is 19.2 Å².